The third-order valence-corrected chi connectivity index (χ3v) is 3.19. The lowest BCUT2D eigenvalue weighted by molar-refractivity contribution is 0.0951. The number of halogens is 1. The SMILES string of the molecule is Cc1cnccc1CNC(=O)c1cc(Cl)ccc1NN. The van der Waals surface area contributed by atoms with Gasteiger partial charge in [-0.3, -0.25) is 15.6 Å². The monoisotopic (exact) mass is 290 g/mol. The zero-order valence-electron chi connectivity index (χ0n) is 11.0. The summed E-state index contributed by atoms with van der Waals surface area (Å²) >= 11 is 5.90. The van der Waals surface area contributed by atoms with Gasteiger partial charge in [0.1, 0.15) is 0 Å². The Morgan fingerprint density at radius 2 is 2.20 bits per heavy atom. The molecule has 0 unspecified atom stereocenters. The molecule has 0 atom stereocenters. The summed E-state index contributed by atoms with van der Waals surface area (Å²) < 4.78 is 0. The molecule has 0 spiro atoms. The van der Waals surface area contributed by atoms with Crippen LogP contribution in [-0.2, 0) is 6.54 Å². The van der Waals surface area contributed by atoms with Crippen molar-refractivity contribution in [3.8, 4) is 0 Å². The van der Waals surface area contributed by atoms with Gasteiger partial charge in [-0.1, -0.05) is 11.6 Å². The van der Waals surface area contributed by atoms with Gasteiger partial charge in [0.15, 0.2) is 0 Å². The van der Waals surface area contributed by atoms with Crippen LogP contribution in [0, 0.1) is 6.92 Å². The Morgan fingerprint density at radius 3 is 2.90 bits per heavy atom. The maximum Gasteiger partial charge on any atom is 0.253 e. The number of rotatable bonds is 4. The van der Waals surface area contributed by atoms with E-state index in [2.05, 4.69) is 15.7 Å². The summed E-state index contributed by atoms with van der Waals surface area (Å²) in [4.78, 5) is 16.2. The van der Waals surface area contributed by atoms with Crippen molar-refractivity contribution in [3.63, 3.8) is 0 Å². The largest absolute Gasteiger partial charge is 0.348 e. The van der Waals surface area contributed by atoms with Crippen LogP contribution in [0.1, 0.15) is 21.5 Å². The third kappa shape index (κ3) is 3.26. The van der Waals surface area contributed by atoms with Crippen molar-refractivity contribution in [3.05, 3.63) is 58.4 Å². The number of aryl methyl sites for hydroxylation is 1. The van der Waals surface area contributed by atoms with Crippen molar-refractivity contribution in [2.24, 2.45) is 5.84 Å². The number of pyridine rings is 1. The zero-order chi connectivity index (χ0) is 14.5. The van der Waals surface area contributed by atoms with Crippen LogP contribution < -0.4 is 16.6 Å². The first-order valence-electron chi connectivity index (χ1n) is 6.05. The Balaban J connectivity index is 2.13. The molecular formula is C14H15ClN4O. The van der Waals surface area contributed by atoms with E-state index in [1.54, 1.807) is 30.6 Å². The van der Waals surface area contributed by atoms with Gasteiger partial charge >= 0.3 is 0 Å². The highest BCUT2D eigenvalue weighted by atomic mass is 35.5. The summed E-state index contributed by atoms with van der Waals surface area (Å²) in [5.74, 6) is 5.15. The zero-order valence-corrected chi connectivity index (χ0v) is 11.7. The molecule has 1 heterocycles. The number of carbonyl (C=O) groups is 1. The van der Waals surface area contributed by atoms with Gasteiger partial charge in [-0.25, -0.2) is 0 Å². The van der Waals surface area contributed by atoms with Crippen LogP contribution >= 0.6 is 11.6 Å². The van der Waals surface area contributed by atoms with Crippen molar-refractivity contribution in [2.75, 3.05) is 5.43 Å². The average Bonchev–Trinajstić information content (AvgIpc) is 2.46. The van der Waals surface area contributed by atoms with Crippen LogP contribution in [0.15, 0.2) is 36.7 Å². The lowest BCUT2D eigenvalue weighted by atomic mass is 10.1. The maximum absolute atomic E-state index is 12.2. The molecular weight excluding hydrogens is 276 g/mol. The van der Waals surface area contributed by atoms with Crippen LogP contribution in [0.4, 0.5) is 5.69 Å². The van der Waals surface area contributed by atoms with Crippen LogP contribution in [0.2, 0.25) is 5.02 Å². The smallest absolute Gasteiger partial charge is 0.253 e. The number of nitrogens with one attached hydrogen (secondary N) is 2. The van der Waals surface area contributed by atoms with Crippen molar-refractivity contribution in [1.82, 2.24) is 10.3 Å². The van der Waals surface area contributed by atoms with E-state index in [1.165, 1.54) is 0 Å². The second-order valence-corrected chi connectivity index (χ2v) is 4.76. The molecule has 5 nitrogen and oxygen atoms in total. The molecule has 0 aliphatic rings. The summed E-state index contributed by atoms with van der Waals surface area (Å²) in [5, 5.41) is 3.32. The van der Waals surface area contributed by atoms with Crippen LogP contribution in [-0.4, -0.2) is 10.9 Å². The van der Waals surface area contributed by atoms with Crippen molar-refractivity contribution in [2.45, 2.75) is 13.5 Å². The molecule has 0 bridgehead atoms. The minimum atomic E-state index is -0.239. The fourth-order valence-electron chi connectivity index (χ4n) is 1.80. The summed E-state index contributed by atoms with van der Waals surface area (Å²) in [6, 6.07) is 6.77. The van der Waals surface area contributed by atoms with Gasteiger partial charge in [-0.05, 0) is 42.3 Å². The topological polar surface area (TPSA) is 80.0 Å². The van der Waals surface area contributed by atoms with E-state index in [-0.39, 0.29) is 5.91 Å². The third-order valence-electron chi connectivity index (χ3n) is 2.96. The lowest BCUT2D eigenvalue weighted by Crippen LogP contribution is -2.25. The van der Waals surface area contributed by atoms with Crippen molar-refractivity contribution >= 4 is 23.2 Å². The van der Waals surface area contributed by atoms with Gasteiger partial charge in [-0.15, -0.1) is 0 Å². The molecule has 1 aromatic heterocycles. The van der Waals surface area contributed by atoms with E-state index in [0.717, 1.165) is 11.1 Å². The minimum absolute atomic E-state index is 0.239. The van der Waals surface area contributed by atoms with E-state index >= 15 is 0 Å². The van der Waals surface area contributed by atoms with Crippen molar-refractivity contribution in [1.29, 1.82) is 0 Å². The normalized spacial score (nSPS) is 10.2. The van der Waals surface area contributed by atoms with Crippen LogP contribution in [0.5, 0.6) is 0 Å². The lowest BCUT2D eigenvalue weighted by Gasteiger charge is -2.11. The molecule has 2 rings (SSSR count). The number of hydrogen-bond acceptors (Lipinski definition) is 4. The molecule has 0 fully saturated rings. The van der Waals surface area contributed by atoms with Gasteiger partial charge in [-0.2, -0.15) is 0 Å². The summed E-state index contributed by atoms with van der Waals surface area (Å²) in [6.45, 7) is 2.37. The summed E-state index contributed by atoms with van der Waals surface area (Å²) in [5.41, 5.74) is 5.45. The predicted molar refractivity (Wildman–Crippen MR) is 79.4 cm³/mol. The highest BCUT2D eigenvalue weighted by Crippen LogP contribution is 2.20. The standard InChI is InChI=1S/C14H15ClN4O/c1-9-7-17-5-4-10(9)8-18-14(20)12-6-11(15)2-3-13(12)19-16/h2-7,19H,8,16H2,1H3,(H,18,20). The molecule has 0 aliphatic heterocycles. The molecule has 4 N–H and O–H groups in total. The van der Waals surface area contributed by atoms with E-state index in [1.807, 2.05) is 13.0 Å². The molecule has 6 heteroatoms. The molecule has 104 valence electrons. The Labute approximate surface area is 122 Å². The molecule has 1 aromatic carbocycles. The molecule has 20 heavy (non-hydrogen) atoms. The molecule has 2 aromatic rings. The molecule has 1 amide bonds. The van der Waals surface area contributed by atoms with E-state index in [0.29, 0.717) is 22.8 Å². The Hall–Kier alpha value is -2.11. The minimum Gasteiger partial charge on any atom is -0.348 e. The maximum atomic E-state index is 12.2. The molecule has 0 aliphatic carbocycles. The fourth-order valence-corrected chi connectivity index (χ4v) is 1.97. The number of amides is 1. The Morgan fingerprint density at radius 1 is 1.40 bits per heavy atom. The quantitative estimate of drug-likeness (QED) is 0.596. The van der Waals surface area contributed by atoms with Gasteiger partial charge < -0.3 is 10.7 Å². The number of nitrogens with two attached hydrogens (primary N) is 1. The molecule has 0 radical (unpaired) electrons. The molecule has 0 saturated heterocycles. The number of hydrazine groups is 1. The number of aromatic nitrogens is 1. The number of nitrogens with zero attached hydrogens (tertiary/aromatic N) is 1. The van der Waals surface area contributed by atoms with E-state index in [9.17, 15) is 4.79 Å². The number of hydrogen-bond donors (Lipinski definition) is 3. The highest BCUT2D eigenvalue weighted by molar-refractivity contribution is 6.31. The summed E-state index contributed by atoms with van der Waals surface area (Å²) in [7, 11) is 0. The van der Waals surface area contributed by atoms with Crippen LogP contribution in [0.25, 0.3) is 0 Å². The fraction of sp³-hybridized carbons (Fsp3) is 0.143. The first-order valence-corrected chi connectivity index (χ1v) is 6.43. The highest BCUT2D eigenvalue weighted by Gasteiger charge is 2.11. The number of benzene rings is 1. The number of nitrogen functional groups attached to an aromatic ring is 1. The van der Waals surface area contributed by atoms with Gasteiger partial charge in [0.2, 0.25) is 0 Å². The average molecular weight is 291 g/mol. The first-order chi connectivity index (χ1) is 9.61. The van der Waals surface area contributed by atoms with Crippen LogP contribution in [0.3, 0.4) is 0 Å². The van der Waals surface area contributed by atoms with Gasteiger partial charge in [0.05, 0.1) is 11.3 Å². The van der Waals surface area contributed by atoms with Crippen molar-refractivity contribution < 1.29 is 4.79 Å². The number of anilines is 1. The van der Waals surface area contributed by atoms with Gasteiger partial charge in [0.25, 0.3) is 5.91 Å². The van der Waals surface area contributed by atoms with Gasteiger partial charge in [0, 0.05) is 24.0 Å². The Bertz CT molecular complexity index is 630. The second-order valence-electron chi connectivity index (χ2n) is 4.32. The predicted octanol–water partition coefficient (Wildman–Crippen LogP) is 2.26. The van der Waals surface area contributed by atoms with E-state index < -0.39 is 0 Å². The Kier molecular flexibility index (Phi) is 4.55. The number of carbonyl (C=O) groups excluding carboxylic acids is 1. The van der Waals surface area contributed by atoms with E-state index in [4.69, 9.17) is 17.4 Å². The summed E-state index contributed by atoms with van der Waals surface area (Å²) in [6.07, 6.45) is 3.45. The first kappa shape index (κ1) is 14.3. The second kappa shape index (κ2) is 6.36. The molecule has 0 saturated carbocycles.